The second-order valence-corrected chi connectivity index (χ2v) is 4.87. The van der Waals surface area contributed by atoms with E-state index in [1.54, 1.807) is 23.4 Å². The lowest BCUT2D eigenvalue weighted by Gasteiger charge is -1.95. The van der Waals surface area contributed by atoms with Crippen LogP contribution >= 0.6 is 23.1 Å². The lowest BCUT2D eigenvalue weighted by molar-refractivity contribution is 0.0696. The number of aromatic carboxylic acids is 1. The Labute approximate surface area is 100 Å². The van der Waals surface area contributed by atoms with Crippen molar-refractivity contribution in [3.05, 3.63) is 40.2 Å². The quantitative estimate of drug-likeness (QED) is 0.890. The van der Waals surface area contributed by atoms with E-state index >= 15 is 0 Å². The summed E-state index contributed by atoms with van der Waals surface area (Å²) in [5.41, 5.74) is 0.805. The molecule has 0 bridgehead atoms. The van der Waals surface area contributed by atoms with E-state index in [9.17, 15) is 4.79 Å². The van der Waals surface area contributed by atoms with Gasteiger partial charge in [-0.2, -0.15) is 0 Å². The van der Waals surface area contributed by atoms with Crippen molar-refractivity contribution in [2.75, 3.05) is 0 Å². The first-order chi connectivity index (χ1) is 7.75. The maximum Gasteiger partial charge on any atom is 0.365 e. The Bertz CT molecular complexity index is 464. The predicted molar refractivity (Wildman–Crippen MR) is 62.8 cm³/mol. The van der Waals surface area contributed by atoms with Gasteiger partial charge in [-0.1, -0.05) is 0 Å². The maximum absolute atomic E-state index is 10.6. The Morgan fingerprint density at radius 3 is 3.06 bits per heavy atom. The third kappa shape index (κ3) is 2.86. The molecule has 0 aliphatic heterocycles. The molecular formula is C10H9NO3S2. The van der Waals surface area contributed by atoms with Crippen molar-refractivity contribution >= 4 is 29.1 Å². The van der Waals surface area contributed by atoms with Crippen molar-refractivity contribution in [1.82, 2.24) is 4.98 Å². The summed E-state index contributed by atoms with van der Waals surface area (Å²) < 4.78 is 5.18. The van der Waals surface area contributed by atoms with Gasteiger partial charge < -0.3 is 9.52 Å². The predicted octanol–water partition coefficient (Wildman–Crippen LogP) is 2.87. The number of hydrogen-bond acceptors (Lipinski definition) is 5. The number of thiazole rings is 1. The minimum atomic E-state index is -0.965. The topological polar surface area (TPSA) is 63.3 Å². The number of carboxylic acid groups (broad SMARTS) is 1. The van der Waals surface area contributed by atoms with Crippen LogP contribution in [0.4, 0.5) is 0 Å². The number of carbonyl (C=O) groups is 1. The molecule has 0 atom stereocenters. The minimum Gasteiger partial charge on any atom is -0.476 e. The summed E-state index contributed by atoms with van der Waals surface area (Å²) in [7, 11) is 0. The zero-order valence-electron chi connectivity index (χ0n) is 8.25. The molecule has 1 N–H and O–H groups in total. The van der Waals surface area contributed by atoms with E-state index in [0.29, 0.717) is 5.75 Å². The molecule has 0 saturated heterocycles. The molecule has 0 aliphatic rings. The average molecular weight is 255 g/mol. The molecule has 16 heavy (non-hydrogen) atoms. The van der Waals surface area contributed by atoms with E-state index in [-0.39, 0.29) is 5.01 Å². The molecule has 0 aliphatic carbocycles. The van der Waals surface area contributed by atoms with Gasteiger partial charge in [-0.05, 0) is 12.1 Å². The largest absolute Gasteiger partial charge is 0.476 e. The molecule has 0 fully saturated rings. The fourth-order valence-corrected chi connectivity index (χ4v) is 2.71. The zero-order chi connectivity index (χ0) is 11.4. The summed E-state index contributed by atoms with van der Waals surface area (Å²) in [4.78, 5) is 14.6. The number of nitrogens with zero attached hydrogens (tertiary/aromatic N) is 1. The first-order valence-corrected chi connectivity index (χ1v) is 6.57. The maximum atomic E-state index is 10.6. The highest BCUT2D eigenvalue weighted by atomic mass is 32.2. The molecular weight excluding hydrogens is 246 g/mol. The minimum absolute atomic E-state index is 0.147. The lowest BCUT2D eigenvalue weighted by Crippen LogP contribution is -1.95. The standard InChI is InChI=1S/C10H9NO3S2/c12-10(13)9-11-7(5-16-9)4-15-6-8-2-1-3-14-8/h1-3,5H,4,6H2,(H,12,13). The molecule has 0 aromatic carbocycles. The average Bonchev–Trinajstić information content (AvgIpc) is 2.87. The highest BCUT2D eigenvalue weighted by molar-refractivity contribution is 7.97. The molecule has 2 aromatic rings. The summed E-state index contributed by atoms with van der Waals surface area (Å²) in [6.07, 6.45) is 1.64. The van der Waals surface area contributed by atoms with Gasteiger partial charge in [-0.25, -0.2) is 9.78 Å². The van der Waals surface area contributed by atoms with Crippen molar-refractivity contribution in [2.24, 2.45) is 0 Å². The van der Waals surface area contributed by atoms with E-state index in [1.807, 2.05) is 12.1 Å². The van der Waals surface area contributed by atoms with E-state index in [0.717, 1.165) is 28.5 Å². The molecule has 0 saturated carbocycles. The first-order valence-electron chi connectivity index (χ1n) is 4.53. The molecule has 2 heterocycles. The fraction of sp³-hybridized carbons (Fsp3) is 0.200. The Hall–Kier alpha value is -1.27. The van der Waals surface area contributed by atoms with Gasteiger partial charge in [0, 0.05) is 11.1 Å². The first kappa shape index (κ1) is 11.2. The summed E-state index contributed by atoms with van der Waals surface area (Å²) in [5, 5.41) is 10.6. The molecule has 84 valence electrons. The van der Waals surface area contributed by atoms with Crippen LogP contribution in [0, 0.1) is 0 Å². The van der Waals surface area contributed by atoms with Gasteiger partial charge in [-0.15, -0.1) is 23.1 Å². The fourth-order valence-electron chi connectivity index (χ4n) is 1.12. The van der Waals surface area contributed by atoms with Gasteiger partial charge in [0.1, 0.15) is 5.76 Å². The summed E-state index contributed by atoms with van der Waals surface area (Å²) in [5.74, 6) is 1.42. The molecule has 0 radical (unpaired) electrons. The van der Waals surface area contributed by atoms with Crippen LogP contribution in [0.2, 0.25) is 0 Å². The van der Waals surface area contributed by atoms with E-state index < -0.39 is 5.97 Å². The SMILES string of the molecule is O=C(O)c1nc(CSCc2ccco2)cs1. The molecule has 0 amide bonds. The number of aromatic nitrogens is 1. The highest BCUT2D eigenvalue weighted by Crippen LogP contribution is 2.19. The summed E-state index contributed by atoms with van der Waals surface area (Å²) >= 11 is 2.80. The summed E-state index contributed by atoms with van der Waals surface area (Å²) in [6, 6.07) is 3.76. The van der Waals surface area contributed by atoms with Crippen LogP contribution < -0.4 is 0 Å². The monoisotopic (exact) mass is 255 g/mol. The molecule has 2 aromatic heterocycles. The van der Waals surface area contributed by atoms with Gasteiger partial charge in [0.25, 0.3) is 0 Å². The normalized spacial score (nSPS) is 10.5. The summed E-state index contributed by atoms with van der Waals surface area (Å²) in [6.45, 7) is 0. The molecule has 4 nitrogen and oxygen atoms in total. The lowest BCUT2D eigenvalue weighted by atomic mass is 10.5. The van der Waals surface area contributed by atoms with E-state index in [1.165, 1.54) is 0 Å². The van der Waals surface area contributed by atoms with E-state index in [4.69, 9.17) is 9.52 Å². The number of rotatable bonds is 5. The van der Waals surface area contributed by atoms with Gasteiger partial charge in [-0.3, -0.25) is 0 Å². The van der Waals surface area contributed by atoms with Crippen molar-refractivity contribution < 1.29 is 14.3 Å². The molecule has 2 rings (SSSR count). The van der Waals surface area contributed by atoms with Gasteiger partial charge in [0.05, 0.1) is 17.7 Å². The van der Waals surface area contributed by atoms with Crippen LogP contribution in [-0.4, -0.2) is 16.1 Å². The zero-order valence-corrected chi connectivity index (χ0v) is 9.88. The van der Waals surface area contributed by atoms with Crippen LogP contribution in [-0.2, 0) is 11.5 Å². The second-order valence-electron chi connectivity index (χ2n) is 3.02. The Kier molecular flexibility index (Phi) is 3.63. The van der Waals surface area contributed by atoms with Crippen molar-refractivity contribution in [2.45, 2.75) is 11.5 Å². The van der Waals surface area contributed by atoms with Crippen molar-refractivity contribution in [1.29, 1.82) is 0 Å². The number of thioether (sulfide) groups is 1. The van der Waals surface area contributed by atoms with E-state index in [2.05, 4.69) is 4.98 Å². The Morgan fingerprint density at radius 1 is 1.56 bits per heavy atom. The molecule has 0 spiro atoms. The van der Waals surface area contributed by atoms with Crippen molar-refractivity contribution in [3.8, 4) is 0 Å². The van der Waals surface area contributed by atoms with Crippen LogP contribution in [0.15, 0.2) is 28.2 Å². The van der Waals surface area contributed by atoms with Crippen molar-refractivity contribution in [3.63, 3.8) is 0 Å². The van der Waals surface area contributed by atoms with Crippen LogP contribution in [0.5, 0.6) is 0 Å². The second kappa shape index (κ2) is 5.18. The molecule has 6 heteroatoms. The Morgan fingerprint density at radius 2 is 2.44 bits per heavy atom. The number of hydrogen-bond donors (Lipinski definition) is 1. The third-order valence-electron chi connectivity index (χ3n) is 1.81. The number of furan rings is 1. The highest BCUT2D eigenvalue weighted by Gasteiger charge is 2.08. The van der Waals surface area contributed by atoms with Gasteiger partial charge in [0.2, 0.25) is 5.01 Å². The van der Waals surface area contributed by atoms with Gasteiger partial charge >= 0.3 is 5.97 Å². The van der Waals surface area contributed by atoms with Crippen LogP contribution in [0.25, 0.3) is 0 Å². The molecule has 0 unspecified atom stereocenters. The third-order valence-corrected chi connectivity index (χ3v) is 3.68. The van der Waals surface area contributed by atoms with Crippen LogP contribution in [0.3, 0.4) is 0 Å². The van der Waals surface area contributed by atoms with Gasteiger partial charge in [0.15, 0.2) is 0 Å². The smallest absolute Gasteiger partial charge is 0.365 e. The Balaban J connectivity index is 1.83. The number of carboxylic acids is 1. The van der Waals surface area contributed by atoms with Crippen LogP contribution in [0.1, 0.15) is 21.3 Å².